The van der Waals surface area contributed by atoms with E-state index < -0.39 is 0 Å². The van der Waals surface area contributed by atoms with Crippen molar-refractivity contribution in [1.29, 1.82) is 0 Å². The lowest BCUT2D eigenvalue weighted by Gasteiger charge is -2.24. The van der Waals surface area contributed by atoms with Crippen LogP contribution in [0.25, 0.3) is 0 Å². The molecule has 1 aromatic carbocycles. The summed E-state index contributed by atoms with van der Waals surface area (Å²) in [5, 5.41) is 0. The molecule has 1 aromatic rings. The fourth-order valence-corrected chi connectivity index (χ4v) is 2.89. The molecule has 0 aromatic heterocycles. The first-order chi connectivity index (χ1) is 11.3. The molecule has 0 spiro atoms. The molecule has 1 nitrogen and oxygen atoms in total. The standard InChI is InChI=1S/C22H26O/c1-3-19-11-13-20(14-12-19)9-7-5-6-8-10-21-15-17-22(18-16-21)23-4-2/h5-6,15-20H,3-4,11-14H2,1-2H3/b6-5+/t19-,20-. The van der Waals surface area contributed by atoms with Crippen molar-refractivity contribution in [3.63, 3.8) is 0 Å². The molecule has 0 unspecified atom stereocenters. The Bertz CT molecular complexity index is 608. The molecule has 0 amide bonds. The lowest BCUT2D eigenvalue weighted by atomic mass is 9.81. The first-order valence-corrected chi connectivity index (χ1v) is 8.72. The molecule has 0 heterocycles. The van der Waals surface area contributed by atoms with E-state index >= 15 is 0 Å². The molecule has 2 rings (SSSR count). The van der Waals surface area contributed by atoms with E-state index in [9.17, 15) is 0 Å². The monoisotopic (exact) mass is 306 g/mol. The number of allylic oxidation sites excluding steroid dienone is 2. The molecule has 1 fully saturated rings. The maximum absolute atomic E-state index is 5.41. The lowest BCUT2D eigenvalue weighted by Crippen LogP contribution is -2.12. The Morgan fingerprint density at radius 3 is 2.35 bits per heavy atom. The zero-order chi connectivity index (χ0) is 16.3. The lowest BCUT2D eigenvalue weighted by molar-refractivity contribution is 0.309. The van der Waals surface area contributed by atoms with Crippen LogP contribution >= 0.6 is 0 Å². The number of hydrogen-bond acceptors (Lipinski definition) is 1. The molecule has 0 bridgehead atoms. The van der Waals surface area contributed by atoms with Crippen molar-refractivity contribution in [2.24, 2.45) is 11.8 Å². The van der Waals surface area contributed by atoms with Gasteiger partial charge in [0.1, 0.15) is 5.75 Å². The molecule has 0 saturated heterocycles. The van der Waals surface area contributed by atoms with Crippen molar-refractivity contribution in [3.8, 4) is 29.4 Å². The third kappa shape index (κ3) is 6.25. The Labute approximate surface area is 141 Å². The first-order valence-electron chi connectivity index (χ1n) is 8.72. The van der Waals surface area contributed by atoms with Crippen LogP contribution in [-0.2, 0) is 0 Å². The van der Waals surface area contributed by atoms with E-state index in [-0.39, 0.29) is 0 Å². The molecule has 0 N–H and O–H groups in total. The maximum atomic E-state index is 5.41. The van der Waals surface area contributed by atoms with Crippen molar-refractivity contribution in [3.05, 3.63) is 42.0 Å². The number of ether oxygens (including phenoxy) is 1. The maximum Gasteiger partial charge on any atom is 0.119 e. The highest BCUT2D eigenvalue weighted by atomic mass is 16.5. The van der Waals surface area contributed by atoms with Crippen LogP contribution in [0, 0.1) is 35.5 Å². The fraction of sp³-hybridized carbons (Fsp3) is 0.455. The van der Waals surface area contributed by atoms with Crippen molar-refractivity contribution in [1.82, 2.24) is 0 Å². The molecule has 0 radical (unpaired) electrons. The van der Waals surface area contributed by atoms with Crippen molar-refractivity contribution >= 4 is 0 Å². The summed E-state index contributed by atoms with van der Waals surface area (Å²) in [6.45, 7) is 4.96. The SMILES string of the molecule is CCOc1ccc(C#C/C=C/C#C[C@H]2CC[C@H](CC)CC2)cc1. The molecule has 1 aliphatic carbocycles. The molecule has 0 aliphatic heterocycles. The fourth-order valence-electron chi connectivity index (χ4n) is 2.89. The molecular weight excluding hydrogens is 280 g/mol. The average Bonchev–Trinajstić information content (AvgIpc) is 2.60. The summed E-state index contributed by atoms with van der Waals surface area (Å²) < 4.78 is 5.41. The van der Waals surface area contributed by atoms with Crippen molar-refractivity contribution < 1.29 is 4.74 Å². The number of benzene rings is 1. The molecular formula is C22H26O. The summed E-state index contributed by atoms with van der Waals surface area (Å²) in [5.74, 6) is 15.1. The van der Waals surface area contributed by atoms with Gasteiger partial charge in [0.2, 0.25) is 0 Å². The predicted octanol–water partition coefficient (Wildman–Crippen LogP) is 5.21. The quantitative estimate of drug-likeness (QED) is 0.696. The molecule has 0 atom stereocenters. The number of hydrogen-bond donors (Lipinski definition) is 0. The summed E-state index contributed by atoms with van der Waals surface area (Å²) in [5.41, 5.74) is 0.990. The van der Waals surface area contributed by atoms with Gasteiger partial charge in [-0.2, -0.15) is 0 Å². The second-order valence-electron chi connectivity index (χ2n) is 5.97. The van der Waals surface area contributed by atoms with Gasteiger partial charge in [0.15, 0.2) is 0 Å². The van der Waals surface area contributed by atoms with Crippen LogP contribution < -0.4 is 4.74 Å². The van der Waals surface area contributed by atoms with E-state index in [0.29, 0.717) is 12.5 Å². The van der Waals surface area contributed by atoms with Gasteiger partial charge in [0, 0.05) is 11.5 Å². The highest BCUT2D eigenvalue weighted by molar-refractivity contribution is 5.40. The minimum atomic E-state index is 0.585. The van der Waals surface area contributed by atoms with Gasteiger partial charge < -0.3 is 4.74 Å². The molecule has 1 heteroatoms. The normalized spacial score (nSPS) is 20.3. The Morgan fingerprint density at radius 1 is 1.00 bits per heavy atom. The molecule has 23 heavy (non-hydrogen) atoms. The molecule has 1 saturated carbocycles. The largest absolute Gasteiger partial charge is 0.494 e. The van der Waals surface area contributed by atoms with Gasteiger partial charge in [0.05, 0.1) is 6.61 Å². The second kappa shape index (κ2) is 9.81. The van der Waals surface area contributed by atoms with Crippen molar-refractivity contribution in [2.75, 3.05) is 6.61 Å². The Hall–Kier alpha value is -2.12. The summed E-state index contributed by atoms with van der Waals surface area (Å²) >= 11 is 0. The minimum absolute atomic E-state index is 0.585. The Balaban J connectivity index is 1.78. The number of rotatable bonds is 3. The van der Waals surface area contributed by atoms with E-state index in [4.69, 9.17) is 4.74 Å². The zero-order valence-electron chi connectivity index (χ0n) is 14.3. The van der Waals surface area contributed by atoms with Gasteiger partial charge in [-0.15, -0.1) is 0 Å². The van der Waals surface area contributed by atoms with Gasteiger partial charge in [-0.3, -0.25) is 0 Å². The summed E-state index contributed by atoms with van der Waals surface area (Å²) in [6.07, 6.45) is 10.2. The predicted molar refractivity (Wildman–Crippen MR) is 97.1 cm³/mol. The summed E-state index contributed by atoms with van der Waals surface area (Å²) in [4.78, 5) is 0. The average molecular weight is 306 g/mol. The third-order valence-corrected chi connectivity index (χ3v) is 4.34. The van der Waals surface area contributed by atoms with Gasteiger partial charge in [0.25, 0.3) is 0 Å². The van der Waals surface area contributed by atoms with Crippen LogP contribution in [0.2, 0.25) is 0 Å². The van der Waals surface area contributed by atoms with E-state index in [1.54, 1.807) is 0 Å². The van der Waals surface area contributed by atoms with Gasteiger partial charge in [-0.05, 0) is 74.9 Å². The summed E-state index contributed by atoms with van der Waals surface area (Å²) in [6, 6.07) is 7.85. The van der Waals surface area contributed by atoms with E-state index in [0.717, 1.165) is 17.2 Å². The summed E-state index contributed by atoms with van der Waals surface area (Å²) in [7, 11) is 0. The van der Waals surface area contributed by atoms with Gasteiger partial charge >= 0.3 is 0 Å². The second-order valence-corrected chi connectivity index (χ2v) is 5.97. The van der Waals surface area contributed by atoms with E-state index in [1.165, 1.54) is 32.1 Å². The molecule has 120 valence electrons. The van der Waals surface area contributed by atoms with Gasteiger partial charge in [-0.1, -0.05) is 37.0 Å². The van der Waals surface area contributed by atoms with Crippen LogP contribution in [0.3, 0.4) is 0 Å². The van der Waals surface area contributed by atoms with Gasteiger partial charge in [-0.25, -0.2) is 0 Å². The van der Waals surface area contributed by atoms with Crippen LogP contribution in [0.5, 0.6) is 5.75 Å². The van der Waals surface area contributed by atoms with Crippen LogP contribution in [0.1, 0.15) is 51.5 Å². The first kappa shape index (κ1) is 17.2. The minimum Gasteiger partial charge on any atom is -0.494 e. The van der Waals surface area contributed by atoms with Crippen LogP contribution in [-0.4, -0.2) is 6.61 Å². The van der Waals surface area contributed by atoms with E-state index in [1.807, 2.05) is 43.3 Å². The van der Waals surface area contributed by atoms with Crippen LogP contribution in [0.4, 0.5) is 0 Å². The smallest absolute Gasteiger partial charge is 0.119 e. The third-order valence-electron chi connectivity index (χ3n) is 4.34. The topological polar surface area (TPSA) is 9.23 Å². The Morgan fingerprint density at radius 2 is 1.70 bits per heavy atom. The Kier molecular flexibility index (Phi) is 7.35. The zero-order valence-corrected chi connectivity index (χ0v) is 14.3. The highest BCUT2D eigenvalue weighted by Crippen LogP contribution is 2.29. The highest BCUT2D eigenvalue weighted by Gasteiger charge is 2.17. The van der Waals surface area contributed by atoms with Crippen molar-refractivity contribution in [2.45, 2.75) is 46.0 Å². The van der Waals surface area contributed by atoms with Crippen LogP contribution in [0.15, 0.2) is 36.4 Å². The van der Waals surface area contributed by atoms with E-state index in [2.05, 4.69) is 30.6 Å². The molecule has 1 aliphatic rings.